The predicted molar refractivity (Wildman–Crippen MR) is 70.8 cm³/mol. The highest BCUT2D eigenvalue weighted by atomic mass is 32.2. The highest BCUT2D eigenvalue weighted by Crippen LogP contribution is 2.38. The van der Waals surface area contributed by atoms with Gasteiger partial charge in [0.25, 0.3) is 0 Å². The molecule has 3 rings (SSSR count). The van der Waals surface area contributed by atoms with E-state index in [9.17, 15) is 13.2 Å². The van der Waals surface area contributed by atoms with Crippen LogP contribution in [0.5, 0.6) is 0 Å². The molecule has 0 bridgehead atoms. The molecule has 1 aromatic rings. The van der Waals surface area contributed by atoms with E-state index >= 15 is 0 Å². The maximum atomic E-state index is 12.3. The lowest BCUT2D eigenvalue weighted by atomic mass is 10.1. The van der Waals surface area contributed by atoms with Crippen LogP contribution in [0.25, 0.3) is 0 Å². The molecule has 1 saturated carbocycles. The number of hydrogen-bond donors (Lipinski definition) is 0. The van der Waals surface area contributed by atoms with Gasteiger partial charge in [0.2, 0.25) is 10.0 Å². The lowest BCUT2D eigenvalue weighted by molar-refractivity contribution is 0.0601. The Balaban J connectivity index is 2.01. The van der Waals surface area contributed by atoms with Gasteiger partial charge in [-0.3, -0.25) is 4.31 Å². The number of methoxy groups -OCH3 is 1. The fourth-order valence-corrected chi connectivity index (χ4v) is 4.29. The van der Waals surface area contributed by atoms with Crippen molar-refractivity contribution < 1.29 is 17.9 Å². The standard InChI is InChI=1S/C13H15NO4S/c1-18-13(15)10-3-2-9-6-7-14(12(9)8-10)19(16,17)11-4-5-11/h2-3,8,11H,4-7H2,1H3. The Labute approximate surface area is 112 Å². The van der Waals surface area contributed by atoms with Gasteiger partial charge in [0.05, 0.1) is 23.6 Å². The van der Waals surface area contributed by atoms with Gasteiger partial charge < -0.3 is 4.74 Å². The van der Waals surface area contributed by atoms with Crippen LogP contribution < -0.4 is 4.31 Å². The van der Waals surface area contributed by atoms with Gasteiger partial charge in [-0.2, -0.15) is 0 Å². The zero-order valence-corrected chi connectivity index (χ0v) is 11.4. The Bertz CT molecular complexity index is 634. The van der Waals surface area contributed by atoms with Crippen LogP contribution in [0.3, 0.4) is 0 Å². The molecule has 0 spiro atoms. The smallest absolute Gasteiger partial charge is 0.337 e. The summed E-state index contributed by atoms with van der Waals surface area (Å²) >= 11 is 0. The number of carbonyl (C=O) groups is 1. The van der Waals surface area contributed by atoms with Gasteiger partial charge >= 0.3 is 5.97 Å². The fraction of sp³-hybridized carbons (Fsp3) is 0.462. The Kier molecular flexibility index (Phi) is 2.78. The first-order chi connectivity index (χ1) is 9.04. The molecule has 1 heterocycles. The number of rotatable bonds is 3. The number of anilines is 1. The average Bonchev–Trinajstić information content (AvgIpc) is 3.17. The normalized spacial score (nSPS) is 18.3. The van der Waals surface area contributed by atoms with Crippen molar-refractivity contribution in [1.29, 1.82) is 0 Å². The van der Waals surface area contributed by atoms with Crippen LogP contribution in [0.2, 0.25) is 0 Å². The molecule has 0 aromatic heterocycles. The van der Waals surface area contributed by atoms with Gasteiger partial charge in [-0.25, -0.2) is 13.2 Å². The van der Waals surface area contributed by atoms with Gasteiger partial charge in [-0.05, 0) is 37.0 Å². The SMILES string of the molecule is COC(=O)c1ccc2c(c1)N(S(=O)(=O)C1CC1)CC2. The van der Waals surface area contributed by atoms with Crippen LogP contribution in [0.15, 0.2) is 18.2 Å². The molecule has 0 unspecified atom stereocenters. The molecule has 102 valence electrons. The molecule has 5 nitrogen and oxygen atoms in total. The second-order valence-electron chi connectivity index (χ2n) is 4.90. The molecule has 0 atom stereocenters. The maximum Gasteiger partial charge on any atom is 0.337 e. The lowest BCUT2D eigenvalue weighted by Gasteiger charge is -2.19. The molecule has 1 aromatic carbocycles. The van der Waals surface area contributed by atoms with E-state index in [1.807, 2.05) is 6.07 Å². The molecular formula is C13H15NO4S. The van der Waals surface area contributed by atoms with E-state index in [4.69, 9.17) is 0 Å². The highest BCUT2D eigenvalue weighted by molar-refractivity contribution is 7.93. The third-order valence-electron chi connectivity index (χ3n) is 3.61. The predicted octanol–water partition coefficient (Wildman–Crippen LogP) is 1.33. The number of sulfonamides is 1. The Morgan fingerprint density at radius 1 is 1.37 bits per heavy atom. The second-order valence-corrected chi connectivity index (χ2v) is 7.04. The average molecular weight is 281 g/mol. The van der Waals surface area contributed by atoms with Gasteiger partial charge in [0, 0.05) is 6.54 Å². The number of carbonyl (C=O) groups excluding carboxylic acids is 1. The number of esters is 1. The molecular weight excluding hydrogens is 266 g/mol. The maximum absolute atomic E-state index is 12.3. The van der Waals surface area contributed by atoms with E-state index < -0.39 is 16.0 Å². The van der Waals surface area contributed by atoms with E-state index in [0.717, 1.165) is 18.4 Å². The van der Waals surface area contributed by atoms with E-state index in [1.165, 1.54) is 11.4 Å². The van der Waals surface area contributed by atoms with Gasteiger partial charge in [0.15, 0.2) is 0 Å². The van der Waals surface area contributed by atoms with Crippen molar-refractivity contribution in [3.05, 3.63) is 29.3 Å². The molecule has 6 heteroatoms. The minimum Gasteiger partial charge on any atom is -0.465 e. The third kappa shape index (κ3) is 2.00. The Hall–Kier alpha value is -1.56. The monoisotopic (exact) mass is 281 g/mol. The van der Waals surface area contributed by atoms with Crippen molar-refractivity contribution in [1.82, 2.24) is 0 Å². The summed E-state index contributed by atoms with van der Waals surface area (Å²) in [6.45, 7) is 0.471. The van der Waals surface area contributed by atoms with Crippen LogP contribution in [0.4, 0.5) is 5.69 Å². The summed E-state index contributed by atoms with van der Waals surface area (Å²) in [5.74, 6) is -0.446. The second kappa shape index (κ2) is 4.23. The number of nitrogens with zero attached hydrogens (tertiary/aromatic N) is 1. The van der Waals surface area contributed by atoms with Gasteiger partial charge in [-0.15, -0.1) is 0 Å². The largest absolute Gasteiger partial charge is 0.465 e. The Morgan fingerprint density at radius 3 is 2.74 bits per heavy atom. The van der Waals surface area contributed by atoms with Crippen LogP contribution >= 0.6 is 0 Å². The zero-order valence-electron chi connectivity index (χ0n) is 10.6. The van der Waals surface area contributed by atoms with Crippen LogP contribution in [-0.2, 0) is 21.2 Å². The number of benzene rings is 1. The topological polar surface area (TPSA) is 63.7 Å². The summed E-state index contributed by atoms with van der Waals surface area (Å²) in [5, 5.41) is -0.236. The highest BCUT2D eigenvalue weighted by Gasteiger charge is 2.42. The summed E-state index contributed by atoms with van der Waals surface area (Å²) in [5.41, 5.74) is 1.99. The molecule has 2 aliphatic rings. The van der Waals surface area contributed by atoms with E-state index in [0.29, 0.717) is 24.2 Å². The zero-order chi connectivity index (χ0) is 13.6. The number of hydrogen-bond acceptors (Lipinski definition) is 4. The fourth-order valence-electron chi connectivity index (χ4n) is 2.40. The summed E-state index contributed by atoms with van der Waals surface area (Å²) < 4.78 is 30.8. The van der Waals surface area contributed by atoms with Gasteiger partial charge in [0.1, 0.15) is 0 Å². The van der Waals surface area contributed by atoms with Crippen molar-refractivity contribution in [3.8, 4) is 0 Å². The number of ether oxygens (including phenoxy) is 1. The third-order valence-corrected chi connectivity index (χ3v) is 5.92. The van der Waals surface area contributed by atoms with Crippen molar-refractivity contribution >= 4 is 21.7 Å². The molecule has 19 heavy (non-hydrogen) atoms. The molecule has 1 aliphatic carbocycles. The van der Waals surface area contributed by atoms with Crippen molar-refractivity contribution in [2.45, 2.75) is 24.5 Å². The molecule has 0 N–H and O–H groups in total. The summed E-state index contributed by atoms with van der Waals surface area (Å²) in [4.78, 5) is 11.5. The molecule has 0 amide bonds. The molecule has 0 radical (unpaired) electrons. The molecule has 1 fully saturated rings. The van der Waals surface area contributed by atoms with Crippen LogP contribution in [-0.4, -0.2) is 33.3 Å². The number of fused-ring (bicyclic) bond motifs is 1. The summed E-state index contributed by atoms with van der Waals surface area (Å²) in [6, 6.07) is 5.11. The van der Waals surface area contributed by atoms with Crippen molar-refractivity contribution in [2.75, 3.05) is 18.0 Å². The van der Waals surface area contributed by atoms with Gasteiger partial charge in [-0.1, -0.05) is 6.07 Å². The molecule has 1 aliphatic heterocycles. The first-order valence-electron chi connectivity index (χ1n) is 6.27. The van der Waals surface area contributed by atoms with Crippen molar-refractivity contribution in [3.63, 3.8) is 0 Å². The lowest BCUT2D eigenvalue weighted by Crippen LogP contribution is -2.32. The quantitative estimate of drug-likeness (QED) is 0.784. The first-order valence-corrected chi connectivity index (χ1v) is 7.77. The minimum atomic E-state index is -3.25. The summed E-state index contributed by atoms with van der Waals surface area (Å²) in [7, 11) is -1.93. The van der Waals surface area contributed by atoms with E-state index in [2.05, 4.69) is 4.74 Å². The molecule has 0 saturated heterocycles. The van der Waals surface area contributed by atoms with E-state index in [-0.39, 0.29) is 5.25 Å². The van der Waals surface area contributed by atoms with Crippen LogP contribution in [0.1, 0.15) is 28.8 Å². The Morgan fingerprint density at radius 2 is 2.11 bits per heavy atom. The van der Waals surface area contributed by atoms with Crippen LogP contribution in [0, 0.1) is 0 Å². The van der Waals surface area contributed by atoms with Crippen molar-refractivity contribution in [2.24, 2.45) is 0 Å². The first kappa shape index (κ1) is 12.5. The minimum absolute atomic E-state index is 0.236. The summed E-state index contributed by atoms with van der Waals surface area (Å²) in [6.07, 6.45) is 2.18. The van der Waals surface area contributed by atoms with E-state index in [1.54, 1.807) is 12.1 Å².